The van der Waals surface area contributed by atoms with E-state index >= 15 is 0 Å². The molecule has 0 saturated heterocycles. The summed E-state index contributed by atoms with van der Waals surface area (Å²) in [6.07, 6.45) is -0.320. The summed E-state index contributed by atoms with van der Waals surface area (Å²) in [5.41, 5.74) is 0. The van der Waals surface area contributed by atoms with Crippen molar-refractivity contribution in [1.29, 1.82) is 0 Å². The lowest BCUT2D eigenvalue weighted by Gasteiger charge is -2.01. The van der Waals surface area contributed by atoms with Gasteiger partial charge in [-0.2, -0.15) is 0 Å². The summed E-state index contributed by atoms with van der Waals surface area (Å²) in [7, 11) is 0. The topological polar surface area (TPSA) is 75.4 Å². The number of nitrogens with one attached hydrogen (secondary N) is 1. The minimum atomic E-state index is -1.04. The standard InChI is InChI=1S/C8H12N2O3/c1-3-6-4-7(10-13-6)9-8(12)5(2)11/h4-5,11H,3H2,1-2H3,(H,9,10,12)/t5-/m1/s1. The Bertz CT molecular complexity index is 293. The minimum Gasteiger partial charge on any atom is -0.384 e. The van der Waals surface area contributed by atoms with E-state index < -0.39 is 12.0 Å². The maximum Gasteiger partial charge on any atom is 0.254 e. The number of aliphatic hydroxyl groups excluding tert-OH is 1. The third-order valence-electron chi connectivity index (χ3n) is 1.54. The predicted octanol–water partition coefficient (Wildman–Crippen LogP) is 0.556. The highest BCUT2D eigenvalue weighted by Crippen LogP contribution is 2.08. The molecule has 1 aromatic heterocycles. The smallest absolute Gasteiger partial charge is 0.254 e. The van der Waals surface area contributed by atoms with E-state index in [0.717, 1.165) is 6.42 Å². The Morgan fingerprint density at radius 3 is 3.00 bits per heavy atom. The van der Waals surface area contributed by atoms with Gasteiger partial charge in [-0.3, -0.25) is 4.79 Å². The second-order valence-corrected chi connectivity index (χ2v) is 2.70. The van der Waals surface area contributed by atoms with E-state index in [4.69, 9.17) is 9.63 Å². The highest BCUT2D eigenvalue weighted by Gasteiger charge is 2.11. The van der Waals surface area contributed by atoms with Crippen LogP contribution in [-0.2, 0) is 11.2 Å². The normalized spacial score (nSPS) is 12.5. The maximum absolute atomic E-state index is 11.0. The Hall–Kier alpha value is -1.36. The molecule has 0 aliphatic carbocycles. The van der Waals surface area contributed by atoms with Crippen molar-refractivity contribution in [3.05, 3.63) is 11.8 Å². The second kappa shape index (κ2) is 4.04. The fraction of sp³-hybridized carbons (Fsp3) is 0.500. The number of amides is 1. The van der Waals surface area contributed by atoms with Crippen LogP contribution in [-0.4, -0.2) is 22.3 Å². The zero-order valence-corrected chi connectivity index (χ0v) is 7.57. The van der Waals surface area contributed by atoms with Crippen LogP contribution in [0.5, 0.6) is 0 Å². The van der Waals surface area contributed by atoms with Crippen LogP contribution in [0.25, 0.3) is 0 Å². The fourth-order valence-corrected chi connectivity index (χ4v) is 0.769. The summed E-state index contributed by atoms with van der Waals surface area (Å²) >= 11 is 0. The number of aliphatic hydroxyl groups is 1. The van der Waals surface area contributed by atoms with Crippen LogP contribution >= 0.6 is 0 Å². The Morgan fingerprint density at radius 1 is 1.85 bits per heavy atom. The number of carbonyl (C=O) groups is 1. The Balaban J connectivity index is 2.59. The zero-order chi connectivity index (χ0) is 9.84. The molecule has 0 aliphatic rings. The molecule has 13 heavy (non-hydrogen) atoms. The van der Waals surface area contributed by atoms with Gasteiger partial charge in [0, 0.05) is 12.5 Å². The molecule has 0 saturated carbocycles. The first-order chi connectivity index (χ1) is 6.13. The predicted molar refractivity (Wildman–Crippen MR) is 46.2 cm³/mol. The molecule has 5 heteroatoms. The lowest BCUT2D eigenvalue weighted by atomic mass is 10.3. The molecule has 0 aliphatic heterocycles. The van der Waals surface area contributed by atoms with E-state index in [-0.39, 0.29) is 0 Å². The van der Waals surface area contributed by atoms with Crippen molar-refractivity contribution in [3.8, 4) is 0 Å². The highest BCUT2D eigenvalue weighted by atomic mass is 16.5. The van der Waals surface area contributed by atoms with Crippen LogP contribution in [0, 0.1) is 0 Å². The van der Waals surface area contributed by atoms with Gasteiger partial charge in [0.2, 0.25) is 0 Å². The molecule has 0 aromatic carbocycles. The molecular formula is C8H12N2O3. The Kier molecular flexibility index (Phi) is 3.02. The molecular weight excluding hydrogens is 172 g/mol. The number of anilines is 1. The number of carbonyl (C=O) groups excluding carboxylic acids is 1. The van der Waals surface area contributed by atoms with Crippen LogP contribution in [0.15, 0.2) is 10.6 Å². The lowest BCUT2D eigenvalue weighted by Crippen LogP contribution is -2.24. The second-order valence-electron chi connectivity index (χ2n) is 2.70. The largest absolute Gasteiger partial charge is 0.384 e. The van der Waals surface area contributed by atoms with Gasteiger partial charge in [-0.1, -0.05) is 12.1 Å². The van der Waals surface area contributed by atoms with Gasteiger partial charge in [-0.15, -0.1) is 0 Å². The average Bonchev–Trinajstić information content (AvgIpc) is 2.52. The first-order valence-corrected chi connectivity index (χ1v) is 4.08. The quantitative estimate of drug-likeness (QED) is 0.719. The van der Waals surface area contributed by atoms with Crippen molar-refractivity contribution < 1.29 is 14.4 Å². The summed E-state index contributed by atoms with van der Waals surface area (Å²) in [6.45, 7) is 3.30. The molecule has 5 nitrogen and oxygen atoms in total. The number of nitrogens with zero attached hydrogens (tertiary/aromatic N) is 1. The third-order valence-corrected chi connectivity index (χ3v) is 1.54. The third kappa shape index (κ3) is 2.55. The van der Waals surface area contributed by atoms with Crippen molar-refractivity contribution in [2.24, 2.45) is 0 Å². The van der Waals surface area contributed by atoms with Gasteiger partial charge < -0.3 is 14.9 Å². The van der Waals surface area contributed by atoms with Crippen LogP contribution in [0.2, 0.25) is 0 Å². The molecule has 0 unspecified atom stereocenters. The first kappa shape index (κ1) is 9.73. The molecule has 1 atom stereocenters. The van der Waals surface area contributed by atoms with Gasteiger partial charge in [0.05, 0.1) is 0 Å². The number of aromatic nitrogens is 1. The van der Waals surface area contributed by atoms with Crippen molar-refractivity contribution in [2.45, 2.75) is 26.4 Å². The number of hydrogen-bond donors (Lipinski definition) is 2. The van der Waals surface area contributed by atoms with E-state index in [2.05, 4.69) is 10.5 Å². The van der Waals surface area contributed by atoms with Crippen molar-refractivity contribution >= 4 is 11.7 Å². The molecule has 1 rings (SSSR count). The highest BCUT2D eigenvalue weighted by molar-refractivity contribution is 5.92. The summed E-state index contributed by atoms with van der Waals surface area (Å²) in [5, 5.41) is 14.9. The monoisotopic (exact) mass is 184 g/mol. The van der Waals surface area contributed by atoms with E-state index in [9.17, 15) is 4.79 Å². The van der Waals surface area contributed by atoms with E-state index in [1.165, 1.54) is 6.92 Å². The molecule has 1 amide bonds. The minimum absolute atomic E-state index is 0.336. The number of aryl methyl sites for hydroxylation is 1. The molecule has 1 aromatic rings. The zero-order valence-electron chi connectivity index (χ0n) is 7.57. The number of rotatable bonds is 3. The van der Waals surface area contributed by atoms with Crippen LogP contribution in [0.4, 0.5) is 5.82 Å². The maximum atomic E-state index is 11.0. The fourth-order valence-electron chi connectivity index (χ4n) is 0.769. The van der Waals surface area contributed by atoms with Crippen LogP contribution < -0.4 is 5.32 Å². The molecule has 0 radical (unpaired) electrons. The SMILES string of the molecule is CCc1cc(NC(=O)[C@@H](C)O)no1. The molecule has 2 N–H and O–H groups in total. The first-order valence-electron chi connectivity index (χ1n) is 4.08. The summed E-state index contributed by atoms with van der Waals surface area (Å²) < 4.78 is 4.85. The van der Waals surface area contributed by atoms with Crippen molar-refractivity contribution in [2.75, 3.05) is 5.32 Å². The number of hydrogen-bond acceptors (Lipinski definition) is 4. The van der Waals surface area contributed by atoms with E-state index in [0.29, 0.717) is 11.6 Å². The Labute approximate surface area is 75.7 Å². The van der Waals surface area contributed by atoms with Gasteiger partial charge in [0.25, 0.3) is 5.91 Å². The van der Waals surface area contributed by atoms with Gasteiger partial charge in [0.15, 0.2) is 5.82 Å². The van der Waals surface area contributed by atoms with Gasteiger partial charge >= 0.3 is 0 Å². The van der Waals surface area contributed by atoms with Crippen molar-refractivity contribution in [1.82, 2.24) is 5.16 Å². The van der Waals surface area contributed by atoms with Gasteiger partial charge in [-0.25, -0.2) is 0 Å². The summed E-state index contributed by atoms with van der Waals surface area (Å²) in [6, 6.07) is 1.63. The molecule has 0 fully saturated rings. The average molecular weight is 184 g/mol. The molecule has 72 valence electrons. The molecule has 0 spiro atoms. The van der Waals surface area contributed by atoms with Crippen LogP contribution in [0.1, 0.15) is 19.6 Å². The summed E-state index contributed by atoms with van der Waals surface area (Å²) in [4.78, 5) is 11.0. The van der Waals surface area contributed by atoms with Gasteiger partial charge in [0.1, 0.15) is 11.9 Å². The summed E-state index contributed by atoms with van der Waals surface area (Å²) in [5.74, 6) is 0.541. The molecule has 1 heterocycles. The van der Waals surface area contributed by atoms with Crippen molar-refractivity contribution in [3.63, 3.8) is 0 Å². The van der Waals surface area contributed by atoms with E-state index in [1.807, 2.05) is 6.92 Å². The lowest BCUT2D eigenvalue weighted by molar-refractivity contribution is -0.123. The van der Waals surface area contributed by atoms with Gasteiger partial charge in [-0.05, 0) is 6.92 Å². The van der Waals surface area contributed by atoms with Crippen LogP contribution in [0.3, 0.4) is 0 Å². The Morgan fingerprint density at radius 2 is 2.54 bits per heavy atom. The molecule has 0 bridgehead atoms. The van der Waals surface area contributed by atoms with E-state index in [1.54, 1.807) is 6.07 Å².